The van der Waals surface area contributed by atoms with E-state index >= 15 is 0 Å². The van der Waals surface area contributed by atoms with Gasteiger partial charge in [0.15, 0.2) is 0 Å². The molecule has 0 aliphatic carbocycles. The van der Waals surface area contributed by atoms with E-state index in [0.29, 0.717) is 6.54 Å². The van der Waals surface area contributed by atoms with E-state index in [-0.39, 0.29) is 12.0 Å². The van der Waals surface area contributed by atoms with Crippen LogP contribution < -0.4 is 15.9 Å². The number of nitrogens with zero attached hydrogens (tertiary/aromatic N) is 5. The molecule has 5 rings (SSSR count). The number of hydrogen-bond acceptors (Lipinski definition) is 8. The molecule has 2 aromatic heterocycles. The molecule has 38 heavy (non-hydrogen) atoms. The van der Waals surface area contributed by atoms with Crippen molar-refractivity contribution < 1.29 is 27.8 Å². The van der Waals surface area contributed by atoms with Gasteiger partial charge in [0.2, 0.25) is 0 Å². The molecule has 3 aromatic rings. The molecule has 204 valence electrons. The van der Waals surface area contributed by atoms with Gasteiger partial charge in [-0.25, -0.2) is 14.5 Å². The van der Waals surface area contributed by atoms with Crippen LogP contribution in [-0.2, 0) is 29.8 Å². The van der Waals surface area contributed by atoms with Crippen LogP contribution in [0.5, 0.6) is 5.75 Å². The SMILES string of the molecule is COc1ccccc1CN1CCC2(CCn3c2nn(Cc2csc(C)n2)c(=O)c3=O)C1.O=C(O)C(F)(F)F. The van der Waals surface area contributed by atoms with Crippen LogP contribution in [0.1, 0.15) is 34.9 Å². The largest absolute Gasteiger partial charge is 0.496 e. The zero-order chi connectivity index (χ0) is 27.7. The molecule has 1 atom stereocenters. The Kier molecular flexibility index (Phi) is 7.74. The van der Waals surface area contributed by atoms with E-state index in [0.717, 1.165) is 60.3 Å². The molecule has 0 bridgehead atoms. The number of halogens is 3. The molecular weight excluding hydrogens is 527 g/mol. The summed E-state index contributed by atoms with van der Waals surface area (Å²) in [5.74, 6) is -1.13. The second kappa shape index (κ2) is 10.7. The fraction of sp³-hybridized carbons (Fsp3) is 0.458. The van der Waals surface area contributed by atoms with Crippen molar-refractivity contribution in [3.8, 4) is 5.75 Å². The van der Waals surface area contributed by atoms with Crippen molar-refractivity contribution in [2.45, 2.75) is 51.0 Å². The molecule has 2 aliphatic rings. The van der Waals surface area contributed by atoms with Gasteiger partial charge in [0.25, 0.3) is 0 Å². The number of likely N-dealkylation sites (tertiary alicyclic amines) is 1. The van der Waals surface area contributed by atoms with Crippen molar-refractivity contribution >= 4 is 17.3 Å². The lowest BCUT2D eigenvalue weighted by Crippen LogP contribution is -2.45. The summed E-state index contributed by atoms with van der Waals surface area (Å²) >= 11 is 1.53. The van der Waals surface area contributed by atoms with Crippen molar-refractivity contribution in [2.24, 2.45) is 0 Å². The number of fused-ring (bicyclic) bond motifs is 2. The predicted octanol–water partition coefficient (Wildman–Crippen LogP) is 2.41. The Morgan fingerprint density at radius 1 is 1.16 bits per heavy atom. The highest BCUT2D eigenvalue weighted by Gasteiger charge is 2.47. The summed E-state index contributed by atoms with van der Waals surface area (Å²) in [6.45, 7) is 5.21. The topological polar surface area (TPSA) is 120 Å². The van der Waals surface area contributed by atoms with Crippen molar-refractivity contribution in [3.63, 3.8) is 0 Å². The van der Waals surface area contributed by atoms with Crippen LogP contribution in [0.3, 0.4) is 0 Å². The number of benzene rings is 1. The van der Waals surface area contributed by atoms with Crippen LogP contribution in [0.25, 0.3) is 0 Å². The highest BCUT2D eigenvalue weighted by Crippen LogP contribution is 2.41. The zero-order valence-electron chi connectivity index (χ0n) is 20.7. The molecule has 2 aliphatic heterocycles. The van der Waals surface area contributed by atoms with E-state index in [1.807, 2.05) is 30.5 Å². The van der Waals surface area contributed by atoms with Crippen LogP contribution in [-0.4, -0.2) is 61.7 Å². The van der Waals surface area contributed by atoms with E-state index in [1.165, 1.54) is 16.0 Å². The molecule has 1 aromatic carbocycles. The summed E-state index contributed by atoms with van der Waals surface area (Å²) < 4.78 is 40.1. The Morgan fingerprint density at radius 3 is 2.47 bits per heavy atom. The molecule has 0 amide bonds. The lowest BCUT2D eigenvalue weighted by Gasteiger charge is -2.24. The maximum absolute atomic E-state index is 12.8. The zero-order valence-corrected chi connectivity index (χ0v) is 21.5. The third-order valence-electron chi connectivity index (χ3n) is 6.66. The first-order valence-corrected chi connectivity index (χ1v) is 12.6. The summed E-state index contributed by atoms with van der Waals surface area (Å²) in [7, 11) is 1.69. The first-order valence-electron chi connectivity index (χ1n) is 11.7. The first-order chi connectivity index (χ1) is 17.9. The third kappa shape index (κ3) is 5.65. The number of para-hydroxylation sites is 1. The normalized spacial score (nSPS) is 18.8. The second-order valence-corrected chi connectivity index (χ2v) is 10.3. The fourth-order valence-electron chi connectivity index (χ4n) is 4.87. The molecule has 1 unspecified atom stereocenters. The Balaban J connectivity index is 0.000000426. The van der Waals surface area contributed by atoms with Gasteiger partial charge in [-0.2, -0.15) is 18.3 Å². The molecule has 0 saturated carbocycles. The van der Waals surface area contributed by atoms with Gasteiger partial charge in [0, 0.05) is 36.0 Å². The summed E-state index contributed by atoms with van der Waals surface area (Å²) in [5, 5.41) is 14.7. The molecule has 0 radical (unpaired) electrons. The van der Waals surface area contributed by atoms with Gasteiger partial charge in [-0.3, -0.25) is 19.1 Å². The van der Waals surface area contributed by atoms with Crippen LogP contribution in [0.2, 0.25) is 0 Å². The van der Waals surface area contributed by atoms with Crippen LogP contribution in [0, 0.1) is 6.92 Å². The molecule has 4 heterocycles. The summed E-state index contributed by atoms with van der Waals surface area (Å²) in [4.78, 5) is 41.2. The minimum Gasteiger partial charge on any atom is -0.496 e. The number of carboxylic acids is 1. The minimum absolute atomic E-state index is 0.200. The van der Waals surface area contributed by atoms with E-state index in [9.17, 15) is 22.8 Å². The lowest BCUT2D eigenvalue weighted by molar-refractivity contribution is -0.192. The van der Waals surface area contributed by atoms with Crippen molar-refractivity contribution in [3.05, 3.63) is 72.4 Å². The maximum atomic E-state index is 12.8. The molecule has 1 saturated heterocycles. The second-order valence-electron chi connectivity index (χ2n) is 9.21. The number of carbonyl (C=O) groups is 1. The minimum atomic E-state index is -5.08. The molecule has 1 N–H and O–H groups in total. The number of thiazole rings is 1. The first kappa shape index (κ1) is 27.5. The van der Waals surface area contributed by atoms with Gasteiger partial charge >= 0.3 is 23.3 Å². The number of aliphatic carboxylic acids is 1. The number of aryl methyl sites for hydroxylation is 1. The Bertz CT molecular complexity index is 1450. The Hall–Kier alpha value is -3.52. The molecular formula is C24H26F3N5O5S. The fourth-order valence-corrected chi connectivity index (χ4v) is 5.47. The molecule has 1 fully saturated rings. The third-order valence-corrected chi connectivity index (χ3v) is 7.48. The van der Waals surface area contributed by atoms with Gasteiger partial charge in [0.1, 0.15) is 11.6 Å². The van der Waals surface area contributed by atoms with E-state index in [1.54, 1.807) is 11.7 Å². The number of hydrogen-bond donors (Lipinski definition) is 1. The van der Waals surface area contributed by atoms with E-state index in [2.05, 4.69) is 16.0 Å². The number of alkyl halides is 3. The molecule has 10 nitrogen and oxygen atoms in total. The average molecular weight is 554 g/mol. The van der Waals surface area contributed by atoms with E-state index < -0.39 is 23.3 Å². The lowest BCUT2D eigenvalue weighted by atomic mass is 9.85. The van der Waals surface area contributed by atoms with Gasteiger partial charge < -0.3 is 9.84 Å². The number of carboxylic acid groups (broad SMARTS) is 1. The maximum Gasteiger partial charge on any atom is 0.490 e. The summed E-state index contributed by atoms with van der Waals surface area (Å²) in [6, 6.07) is 8.06. The number of methoxy groups -OCH3 is 1. The van der Waals surface area contributed by atoms with Crippen LogP contribution >= 0.6 is 11.3 Å². The van der Waals surface area contributed by atoms with E-state index in [4.69, 9.17) is 19.7 Å². The van der Waals surface area contributed by atoms with Gasteiger partial charge in [-0.15, -0.1) is 11.3 Å². The Labute approximate surface area is 218 Å². The predicted molar refractivity (Wildman–Crippen MR) is 132 cm³/mol. The number of aromatic nitrogens is 4. The quantitative estimate of drug-likeness (QED) is 0.479. The van der Waals surface area contributed by atoms with Crippen LogP contribution in [0.15, 0.2) is 39.2 Å². The monoisotopic (exact) mass is 553 g/mol. The highest BCUT2D eigenvalue weighted by molar-refractivity contribution is 7.09. The molecule has 14 heteroatoms. The smallest absolute Gasteiger partial charge is 0.490 e. The van der Waals surface area contributed by atoms with Gasteiger partial charge in [0.05, 0.1) is 24.4 Å². The van der Waals surface area contributed by atoms with Gasteiger partial charge in [-0.1, -0.05) is 18.2 Å². The summed E-state index contributed by atoms with van der Waals surface area (Å²) in [6.07, 6.45) is -3.33. The average Bonchev–Trinajstić information content (AvgIpc) is 3.57. The number of rotatable bonds is 5. The van der Waals surface area contributed by atoms with Crippen molar-refractivity contribution in [2.75, 3.05) is 20.2 Å². The van der Waals surface area contributed by atoms with Gasteiger partial charge in [-0.05, 0) is 32.4 Å². The summed E-state index contributed by atoms with van der Waals surface area (Å²) in [5.41, 5.74) is 0.661. The number of ether oxygens (including phenoxy) is 1. The Morgan fingerprint density at radius 2 is 1.84 bits per heavy atom. The molecule has 1 spiro atoms. The van der Waals surface area contributed by atoms with Crippen LogP contribution in [0.4, 0.5) is 13.2 Å². The van der Waals surface area contributed by atoms with Crippen molar-refractivity contribution in [1.82, 2.24) is 24.2 Å². The standard InChI is InChI=1S/C22H25N5O3S.C2HF3O2/c1-15-23-17(13-31-15)12-27-20(29)19(28)26-10-8-22(21(26)24-27)7-9-25(14-22)11-16-5-3-4-6-18(16)30-2;3-2(4,5)1(6)7/h3-6,13H,7-12,14H2,1-2H3;(H,6,7). The van der Waals surface area contributed by atoms with Crippen molar-refractivity contribution in [1.29, 1.82) is 0 Å². The highest BCUT2D eigenvalue weighted by atomic mass is 32.1.